The lowest BCUT2D eigenvalue weighted by Gasteiger charge is -2.43. The van der Waals surface area contributed by atoms with Crippen molar-refractivity contribution in [3.05, 3.63) is 0 Å². The molecular formula is C13H25NO. The largest absolute Gasteiger partial charge is 0.368 e. The Morgan fingerprint density at radius 3 is 2.07 bits per heavy atom. The van der Waals surface area contributed by atoms with Gasteiger partial charge < -0.3 is 9.64 Å². The lowest BCUT2D eigenvalue weighted by Crippen LogP contribution is -2.51. The first-order chi connectivity index (χ1) is 6.99. The van der Waals surface area contributed by atoms with Crippen LogP contribution in [0.25, 0.3) is 0 Å². The molecule has 1 saturated carbocycles. The first kappa shape index (κ1) is 11.4. The predicted octanol–water partition coefficient (Wildman–Crippen LogP) is 2.82. The van der Waals surface area contributed by atoms with E-state index in [0.717, 1.165) is 0 Å². The van der Waals surface area contributed by atoms with Crippen LogP contribution in [0.5, 0.6) is 0 Å². The Balaban J connectivity index is 1.95. The van der Waals surface area contributed by atoms with Gasteiger partial charge in [0.1, 0.15) is 0 Å². The number of hydrogen-bond acceptors (Lipinski definition) is 2. The van der Waals surface area contributed by atoms with Crippen LogP contribution in [0, 0.1) is 0 Å². The number of likely N-dealkylation sites (tertiary alicyclic amines) is 1. The topological polar surface area (TPSA) is 12.5 Å². The molecule has 15 heavy (non-hydrogen) atoms. The summed E-state index contributed by atoms with van der Waals surface area (Å²) in [6, 6.07) is 0. The van der Waals surface area contributed by atoms with E-state index in [1.807, 2.05) is 0 Å². The van der Waals surface area contributed by atoms with Crippen LogP contribution in [-0.4, -0.2) is 35.7 Å². The van der Waals surface area contributed by atoms with Crippen LogP contribution in [0.3, 0.4) is 0 Å². The van der Waals surface area contributed by atoms with Crippen molar-refractivity contribution in [2.75, 3.05) is 19.6 Å². The highest BCUT2D eigenvalue weighted by molar-refractivity contribution is 4.93. The lowest BCUT2D eigenvalue weighted by atomic mass is 9.97. The molecule has 0 aromatic carbocycles. The Morgan fingerprint density at radius 2 is 1.67 bits per heavy atom. The van der Waals surface area contributed by atoms with Gasteiger partial charge in [-0.2, -0.15) is 0 Å². The minimum atomic E-state index is 0.00913. The van der Waals surface area contributed by atoms with Gasteiger partial charge in [-0.1, -0.05) is 12.8 Å². The van der Waals surface area contributed by atoms with E-state index in [4.69, 9.17) is 4.74 Å². The highest BCUT2D eigenvalue weighted by atomic mass is 16.5. The molecule has 0 radical (unpaired) electrons. The average Bonchev–Trinajstić information content (AvgIpc) is 2.43. The monoisotopic (exact) mass is 211 g/mol. The van der Waals surface area contributed by atoms with E-state index >= 15 is 0 Å². The molecule has 1 saturated heterocycles. The van der Waals surface area contributed by atoms with Gasteiger partial charge in [-0.15, -0.1) is 0 Å². The van der Waals surface area contributed by atoms with Crippen molar-refractivity contribution in [1.29, 1.82) is 0 Å². The second-order valence-electron chi connectivity index (χ2n) is 6.23. The molecule has 0 unspecified atom stereocenters. The van der Waals surface area contributed by atoms with Crippen molar-refractivity contribution in [2.24, 2.45) is 0 Å². The fourth-order valence-corrected chi connectivity index (χ4v) is 2.91. The first-order valence-corrected chi connectivity index (χ1v) is 6.42. The van der Waals surface area contributed by atoms with Gasteiger partial charge in [-0.05, 0) is 53.1 Å². The molecule has 2 heteroatoms. The van der Waals surface area contributed by atoms with Crippen molar-refractivity contribution < 1.29 is 4.74 Å². The minimum absolute atomic E-state index is 0.00913. The summed E-state index contributed by atoms with van der Waals surface area (Å²) in [5.41, 5.74) is 0.188. The van der Waals surface area contributed by atoms with E-state index in [9.17, 15) is 0 Å². The average molecular weight is 211 g/mol. The van der Waals surface area contributed by atoms with Gasteiger partial charge in [0.25, 0.3) is 0 Å². The van der Waals surface area contributed by atoms with Gasteiger partial charge in [-0.3, -0.25) is 0 Å². The van der Waals surface area contributed by atoms with E-state index in [-0.39, 0.29) is 11.2 Å². The number of rotatable bonds is 3. The van der Waals surface area contributed by atoms with E-state index in [1.54, 1.807) is 0 Å². The Kier molecular flexibility index (Phi) is 3.09. The zero-order chi connectivity index (χ0) is 10.9. The van der Waals surface area contributed by atoms with Crippen LogP contribution < -0.4 is 0 Å². The van der Waals surface area contributed by atoms with Crippen LogP contribution in [0.2, 0.25) is 0 Å². The number of nitrogens with zero attached hydrogens (tertiary/aromatic N) is 1. The normalized spacial score (nSPS) is 26.6. The van der Waals surface area contributed by atoms with Crippen LogP contribution in [-0.2, 0) is 4.74 Å². The fraction of sp³-hybridized carbons (Fsp3) is 1.00. The van der Waals surface area contributed by atoms with Crippen molar-refractivity contribution in [1.82, 2.24) is 4.90 Å². The van der Waals surface area contributed by atoms with Crippen LogP contribution in [0.1, 0.15) is 52.9 Å². The highest BCUT2D eigenvalue weighted by Crippen LogP contribution is 2.37. The molecule has 1 aliphatic heterocycles. The van der Waals surface area contributed by atoms with E-state index in [0.29, 0.717) is 0 Å². The molecule has 1 heterocycles. The Morgan fingerprint density at radius 1 is 1.07 bits per heavy atom. The second kappa shape index (κ2) is 4.06. The fourth-order valence-electron chi connectivity index (χ4n) is 2.91. The summed E-state index contributed by atoms with van der Waals surface area (Å²) in [6.07, 6.45) is 6.61. The van der Waals surface area contributed by atoms with Crippen molar-refractivity contribution in [3.63, 3.8) is 0 Å². The zero-order valence-electron chi connectivity index (χ0n) is 10.5. The molecule has 2 aliphatic rings. The number of ether oxygens (including phenoxy) is 1. The standard InChI is InChI=1S/C13H25NO/c1-12(2,3)15-13(7-4-5-8-13)11-14-9-6-10-14/h4-11H2,1-3H3. The highest BCUT2D eigenvalue weighted by Gasteiger charge is 2.40. The van der Waals surface area contributed by atoms with Crippen molar-refractivity contribution in [2.45, 2.75) is 64.1 Å². The Labute approximate surface area is 94.0 Å². The summed E-state index contributed by atoms with van der Waals surface area (Å²) in [6.45, 7) is 10.3. The van der Waals surface area contributed by atoms with E-state index in [2.05, 4.69) is 25.7 Å². The molecule has 0 bridgehead atoms. The maximum absolute atomic E-state index is 6.35. The minimum Gasteiger partial charge on any atom is -0.368 e. The summed E-state index contributed by atoms with van der Waals surface area (Å²) in [4.78, 5) is 2.55. The molecule has 0 amide bonds. The summed E-state index contributed by atoms with van der Waals surface area (Å²) >= 11 is 0. The third kappa shape index (κ3) is 2.94. The number of hydrogen-bond donors (Lipinski definition) is 0. The second-order valence-corrected chi connectivity index (χ2v) is 6.23. The van der Waals surface area contributed by atoms with E-state index < -0.39 is 0 Å². The van der Waals surface area contributed by atoms with Gasteiger partial charge >= 0.3 is 0 Å². The summed E-state index contributed by atoms with van der Waals surface area (Å²) < 4.78 is 6.35. The molecule has 0 atom stereocenters. The smallest absolute Gasteiger partial charge is 0.0815 e. The molecular weight excluding hydrogens is 186 g/mol. The molecule has 2 nitrogen and oxygen atoms in total. The van der Waals surface area contributed by atoms with Crippen LogP contribution >= 0.6 is 0 Å². The molecule has 88 valence electrons. The summed E-state index contributed by atoms with van der Waals surface area (Å²) in [7, 11) is 0. The van der Waals surface area contributed by atoms with Gasteiger partial charge in [0.2, 0.25) is 0 Å². The van der Waals surface area contributed by atoms with Crippen LogP contribution in [0.4, 0.5) is 0 Å². The molecule has 0 aromatic heterocycles. The van der Waals surface area contributed by atoms with Gasteiger partial charge in [0.05, 0.1) is 11.2 Å². The maximum Gasteiger partial charge on any atom is 0.0815 e. The van der Waals surface area contributed by atoms with Gasteiger partial charge in [0, 0.05) is 6.54 Å². The van der Waals surface area contributed by atoms with Crippen LogP contribution in [0.15, 0.2) is 0 Å². The summed E-state index contributed by atoms with van der Waals surface area (Å²) in [5, 5.41) is 0. The van der Waals surface area contributed by atoms with Gasteiger partial charge in [0.15, 0.2) is 0 Å². The SMILES string of the molecule is CC(C)(C)OC1(CN2CCC2)CCCC1. The Hall–Kier alpha value is -0.0800. The molecule has 2 fully saturated rings. The third-order valence-electron chi connectivity index (χ3n) is 3.50. The maximum atomic E-state index is 6.35. The first-order valence-electron chi connectivity index (χ1n) is 6.42. The summed E-state index contributed by atoms with van der Waals surface area (Å²) in [5.74, 6) is 0. The molecule has 0 spiro atoms. The Bertz CT molecular complexity index is 209. The molecule has 0 aromatic rings. The van der Waals surface area contributed by atoms with Crippen molar-refractivity contribution in [3.8, 4) is 0 Å². The predicted molar refractivity (Wildman–Crippen MR) is 63.1 cm³/mol. The molecule has 2 rings (SSSR count). The molecule has 0 N–H and O–H groups in total. The van der Waals surface area contributed by atoms with E-state index in [1.165, 1.54) is 51.7 Å². The van der Waals surface area contributed by atoms with Gasteiger partial charge in [-0.25, -0.2) is 0 Å². The zero-order valence-corrected chi connectivity index (χ0v) is 10.5. The molecule has 1 aliphatic carbocycles. The lowest BCUT2D eigenvalue weighted by molar-refractivity contribution is -0.144. The van der Waals surface area contributed by atoms with Crippen molar-refractivity contribution >= 4 is 0 Å². The third-order valence-corrected chi connectivity index (χ3v) is 3.50. The quantitative estimate of drug-likeness (QED) is 0.712.